The third-order valence-corrected chi connectivity index (χ3v) is 5.48. The van der Waals surface area contributed by atoms with Crippen molar-refractivity contribution < 1.29 is 23.9 Å². The zero-order valence-corrected chi connectivity index (χ0v) is 20.3. The number of hydrogen-bond donors (Lipinski definition) is 0. The van der Waals surface area contributed by atoms with Crippen LogP contribution in [0.15, 0.2) is 60.7 Å². The molecule has 4 rings (SSSR count). The van der Waals surface area contributed by atoms with Gasteiger partial charge in [0.25, 0.3) is 0 Å². The molecule has 0 saturated heterocycles. The second-order valence-electron chi connectivity index (χ2n) is 9.18. The maximum atomic E-state index is 13.0. The third-order valence-electron chi connectivity index (χ3n) is 5.48. The average molecular weight is 471 g/mol. The van der Waals surface area contributed by atoms with Crippen molar-refractivity contribution >= 4 is 29.4 Å². The first-order chi connectivity index (χ1) is 16.6. The number of carbonyl (C=O) groups is 3. The van der Waals surface area contributed by atoms with E-state index < -0.39 is 17.7 Å². The fraction of sp³-hybridized carbons (Fsp3) is 0.214. The van der Waals surface area contributed by atoms with E-state index in [-0.39, 0.29) is 5.56 Å². The van der Waals surface area contributed by atoms with Crippen LogP contribution in [0, 0.1) is 6.92 Å². The fourth-order valence-electron chi connectivity index (χ4n) is 3.91. The molecule has 0 spiro atoms. The lowest BCUT2D eigenvalue weighted by molar-refractivity contribution is 0.0538. The lowest BCUT2D eigenvalue weighted by Crippen LogP contribution is -2.27. The minimum atomic E-state index is -0.695. The first kappa shape index (κ1) is 23.9. The molecule has 7 nitrogen and oxygen atoms in total. The first-order valence-electron chi connectivity index (χ1n) is 11.1. The van der Waals surface area contributed by atoms with Crippen LogP contribution < -0.4 is 0 Å². The molecule has 0 unspecified atom stereocenters. The van der Waals surface area contributed by atoms with Gasteiger partial charge in [-0.05, 0) is 68.1 Å². The number of hydrogen-bond acceptors (Lipinski definition) is 6. The lowest BCUT2D eigenvalue weighted by atomic mass is 9.97. The van der Waals surface area contributed by atoms with Gasteiger partial charge in [0.05, 0.1) is 18.2 Å². The normalized spacial score (nSPS) is 11.3. The summed E-state index contributed by atoms with van der Waals surface area (Å²) in [6.07, 6.45) is 0.243. The molecule has 3 aromatic carbocycles. The summed E-state index contributed by atoms with van der Waals surface area (Å²) in [5.41, 5.74) is 4.41. The maximum absolute atomic E-state index is 13.0. The van der Waals surface area contributed by atoms with E-state index in [1.807, 2.05) is 48.5 Å². The van der Waals surface area contributed by atoms with E-state index in [1.165, 1.54) is 11.7 Å². The third kappa shape index (κ3) is 4.84. The van der Waals surface area contributed by atoms with Gasteiger partial charge >= 0.3 is 12.1 Å². The standard InChI is InChI=1S/C28H26N2O5/c1-17-29-25-23(26(32)34-5)14-22(15-24(25)30(17)27(33)35-28(2,3)4)20-11-9-19(10-12-20)21-8-6-7-18(13-21)16-31/h6-16H,1-5H3. The van der Waals surface area contributed by atoms with Crippen LogP contribution >= 0.6 is 0 Å². The fourth-order valence-corrected chi connectivity index (χ4v) is 3.91. The second-order valence-corrected chi connectivity index (χ2v) is 9.18. The summed E-state index contributed by atoms with van der Waals surface area (Å²) < 4.78 is 11.9. The van der Waals surface area contributed by atoms with Crippen LogP contribution in [-0.4, -0.2) is 40.6 Å². The number of rotatable bonds is 4. The molecule has 35 heavy (non-hydrogen) atoms. The van der Waals surface area contributed by atoms with E-state index in [0.717, 1.165) is 28.5 Å². The van der Waals surface area contributed by atoms with E-state index in [4.69, 9.17) is 9.47 Å². The van der Waals surface area contributed by atoms with Gasteiger partial charge < -0.3 is 9.47 Å². The first-order valence-corrected chi connectivity index (χ1v) is 11.1. The zero-order chi connectivity index (χ0) is 25.3. The van der Waals surface area contributed by atoms with E-state index in [2.05, 4.69) is 4.98 Å². The number of carbonyl (C=O) groups excluding carboxylic acids is 3. The molecule has 0 bridgehead atoms. The molecule has 0 N–H and O–H groups in total. The Morgan fingerprint density at radius 2 is 1.57 bits per heavy atom. The number of benzene rings is 3. The van der Waals surface area contributed by atoms with Gasteiger partial charge in [-0.3, -0.25) is 4.79 Å². The van der Waals surface area contributed by atoms with Crippen LogP contribution in [0.5, 0.6) is 0 Å². The zero-order valence-electron chi connectivity index (χ0n) is 20.3. The molecule has 1 heterocycles. The number of aryl methyl sites for hydroxylation is 1. The van der Waals surface area contributed by atoms with Crippen LogP contribution in [0.4, 0.5) is 4.79 Å². The molecule has 0 atom stereocenters. The van der Waals surface area contributed by atoms with Gasteiger partial charge in [-0.25, -0.2) is 19.1 Å². The second kappa shape index (κ2) is 9.18. The van der Waals surface area contributed by atoms with Gasteiger partial charge in [0.1, 0.15) is 23.2 Å². The summed E-state index contributed by atoms with van der Waals surface area (Å²) in [4.78, 5) is 41.2. The summed E-state index contributed by atoms with van der Waals surface area (Å²) in [6, 6.07) is 18.6. The highest BCUT2D eigenvalue weighted by molar-refractivity contribution is 6.06. The molecule has 0 aliphatic heterocycles. The number of aromatic nitrogens is 2. The van der Waals surface area contributed by atoms with Crippen LogP contribution in [-0.2, 0) is 9.47 Å². The van der Waals surface area contributed by atoms with Crippen LogP contribution in [0.1, 0.15) is 47.3 Å². The highest BCUT2D eigenvalue weighted by Crippen LogP contribution is 2.31. The summed E-state index contributed by atoms with van der Waals surface area (Å²) in [5.74, 6) is -0.144. The van der Waals surface area contributed by atoms with Crippen molar-refractivity contribution in [2.45, 2.75) is 33.3 Å². The van der Waals surface area contributed by atoms with Gasteiger partial charge in [0.2, 0.25) is 0 Å². The van der Waals surface area contributed by atoms with Gasteiger partial charge in [-0.15, -0.1) is 0 Å². The van der Waals surface area contributed by atoms with E-state index in [0.29, 0.717) is 22.4 Å². The molecule has 0 aliphatic carbocycles. The number of nitrogens with zero attached hydrogens (tertiary/aromatic N) is 2. The molecule has 7 heteroatoms. The molecule has 0 saturated carbocycles. The van der Waals surface area contributed by atoms with E-state index >= 15 is 0 Å². The van der Waals surface area contributed by atoms with Crippen molar-refractivity contribution in [3.05, 3.63) is 77.6 Å². The Balaban J connectivity index is 1.84. The summed E-state index contributed by atoms with van der Waals surface area (Å²) in [6.45, 7) is 7.05. The quantitative estimate of drug-likeness (QED) is 0.266. The van der Waals surface area contributed by atoms with E-state index in [1.54, 1.807) is 39.8 Å². The Bertz CT molecular complexity index is 1440. The largest absolute Gasteiger partial charge is 0.465 e. The van der Waals surface area contributed by atoms with Gasteiger partial charge in [0, 0.05) is 5.56 Å². The number of ether oxygens (including phenoxy) is 2. The highest BCUT2D eigenvalue weighted by Gasteiger charge is 2.25. The smallest absolute Gasteiger partial charge is 0.420 e. The molecule has 0 fully saturated rings. The average Bonchev–Trinajstić information content (AvgIpc) is 3.17. The van der Waals surface area contributed by atoms with Gasteiger partial charge in [0.15, 0.2) is 0 Å². The minimum absolute atomic E-state index is 0.258. The number of aldehydes is 1. The molecule has 0 aliphatic rings. The minimum Gasteiger partial charge on any atom is -0.465 e. The summed E-state index contributed by atoms with van der Waals surface area (Å²) in [5, 5.41) is 0. The molecule has 0 amide bonds. The molecule has 178 valence electrons. The number of methoxy groups -OCH3 is 1. The Labute approximate surface area is 203 Å². The van der Waals surface area contributed by atoms with Gasteiger partial charge in [-0.1, -0.05) is 42.5 Å². The topological polar surface area (TPSA) is 87.5 Å². The van der Waals surface area contributed by atoms with Crippen LogP contribution in [0.3, 0.4) is 0 Å². The predicted octanol–water partition coefficient (Wildman–Crippen LogP) is 6.06. The summed E-state index contributed by atoms with van der Waals surface area (Å²) in [7, 11) is 1.31. The van der Waals surface area contributed by atoms with Gasteiger partial charge in [-0.2, -0.15) is 0 Å². The predicted molar refractivity (Wildman–Crippen MR) is 134 cm³/mol. The Kier molecular flexibility index (Phi) is 6.26. The highest BCUT2D eigenvalue weighted by atomic mass is 16.6. The van der Waals surface area contributed by atoms with Crippen molar-refractivity contribution in [2.75, 3.05) is 7.11 Å². The van der Waals surface area contributed by atoms with Crippen molar-refractivity contribution in [3.63, 3.8) is 0 Å². The van der Waals surface area contributed by atoms with Crippen molar-refractivity contribution in [2.24, 2.45) is 0 Å². The number of fused-ring (bicyclic) bond motifs is 1. The maximum Gasteiger partial charge on any atom is 0.420 e. The van der Waals surface area contributed by atoms with Crippen LogP contribution in [0.2, 0.25) is 0 Å². The van der Waals surface area contributed by atoms with Crippen molar-refractivity contribution in [1.82, 2.24) is 9.55 Å². The van der Waals surface area contributed by atoms with E-state index in [9.17, 15) is 14.4 Å². The monoisotopic (exact) mass is 470 g/mol. The Morgan fingerprint density at radius 1 is 0.914 bits per heavy atom. The molecular weight excluding hydrogens is 444 g/mol. The SMILES string of the molecule is COC(=O)c1cc(-c2ccc(-c3cccc(C=O)c3)cc2)cc2c1nc(C)n2C(=O)OC(C)(C)C. The molecular formula is C28H26N2O5. The van der Waals surface area contributed by atoms with Crippen molar-refractivity contribution in [3.8, 4) is 22.3 Å². The molecule has 1 aromatic heterocycles. The number of esters is 1. The Hall–Kier alpha value is -4.26. The Morgan fingerprint density at radius 3 is 2.17 bits per heavy atom. The lowest BCUT2D eigenvalue weighted by Gasteiger charge is -2.20. The van der Waals surface area contributed by atoms with Crippen molar-refractivity contribution in [1.29, 1.82) is 0 Å². The summed E-state index contributed by atoms with van der Waals surface area (Å²) >= 11 is 0. The molecule has 0 radical (unpaired) electrons. The number of imidazole rings is 1. The molecule has 4 aromatic rings. The van der Waals surface area contributed by atoms with Crippen LogP contribution in [0.25, 0.3) is 33.3 Å².